The maximum Gasteiger partial charge on any atom is 0.305 e. The number of ether oxygens (including phenoxy) is 2. The van der Waals surface area contributed by atoms with Gasteiger partial charge in [-0.3, -0.25) is 14.4 Å². The summed E-state index contributed by atoms with van der Waals surface area (Å²) in [5, 5.41) is 2.60. The van der Waals surface area contributed by atoms with Crippen LogP contribution in [0.25, 0.3) is 6.08 Å². The SMILES string of the molecule is COC(=O)CCCCCCC(=O)N1CCOc2ccc(/C=C3\SC(=S)NC3=O)cc21. The normalized spacial score (nSPS) is 16.8. The van der Waals surface area contributed by atoms with Gasteiger partial charge in [-0.05, 0) is 36.6 Å². The number of carbonyl (C=O) groups excluding carboxylic acids is 3. The van der Waals surface area contributed by atoms with Crippen LogP contribution in [-0.4, -0.2) is 42.4 Å². The predicted octanol–water partition coefficient (Wildman–Crippen LogP) is 3.41. The number of nitrogens with zero attached hydrogens (tertiary/aromatic N) is 1. The van der Waals surface area contributed by atoms with Crippen LogP contribution in [0.15, 0.2) is 23.1 Å². The van der Waals surface area contributed by atoms with Crippen LogP contribution in [0.5, 0.6) is 5.75 Å². The first-order valence-corrected chi connectivity index (χ1v) is 11.1. The van der Waals surface area contributed by atoms with Gasteiger partial charge in [0.25, 0.3) is 5.91 Å². The molecule has 0 atom stereocenters. The lowest BCUT2D eigenvalue weighted by molar-refractivity contribution is -0.140. The Balaban J connectivity index is 1.59. The molecule has 1 saturated heterocycles. The number of nitrogens with one attached hydrogen (secondary N) is 1. The molecule has 0 saturated carbocycles. The van der Waals surface area contributed by atoms with Gasteiger partial charge < -0.3 is 19.7 Å². The van der Waals surface area contributed by atoms with E-state index in [1.54, 1.807) is 11.0 Å². The molecule has 2 aliphatic rings. The van der Waals surface area contributed by atoms with Gasteiger partial charge in [-0.15, -0.1) is 0 Å². The Labute approximate surface area is 185 Å². The lowest BCUT2D eigenvalue weighted by Crippen LogP contribution is -2.37. The van der Waals surface area contributed by atoms with Crippen molar-refractivity contribution in [2.45, 2.75) is 38.5 Å². The molecule has 2 amide bonds. The molecule has 3 rings (SSSR count). The summed E-state index contributed by atoms with van der Waals surface area (Å²) in [6.07, 6.45) is 5.94. The van der Waals surface area contributed by atoms with Gasteiger partial charge in [-0.1, -0.05) is 42.9 Å². The number of hydrogen-bond donors (Lipinski definition) is 1. The third-order valence-corrected chi connectivity index (χ3v) is 6.00. The number of methoxy groups -OCH3 is 1. The minimum Gasteiger partial charge on any atom is -0.490 e. The number of thiocarbonyl (C=S) groups is 1. The van der Waals surface area contributed by atoms with Gasteiger partial charge in [0.05, 0.1) is 24.2 Å². The Bertz CT molecular complexity index is 884. The zero-order valence-corrected chi connectivity index (χ0v) is 18.4. The third kappa shape index (κ3) is 5.82. The molecule has 1 fully saturated rings. The summed E-state index contributed by atoms with van der Waals surface area (Å²) in [6.45, 7) is 0.943. The number of fused-ring (bicyclic) bond motifs is 1. The van der Waals surface area contributed by atoms with Crippen LogP contribution in [0.3, 0.4) is 0 Å². The van der Waals surface area contributed by atoms with Crippen LogP contribution >= 0.6 is 24.0 Å². The second-order valence-corrected chi connectivity index (χ2v) is 8.68. The van der Waals surface area contributed by atoms with E-state index in [-0.39, 0.29) is 17.8 Å². The van der Waals surface area contributed by atoms with E-state index in [4.69, 9.17) is 17.0 Å². The number of rotatable bonds is 8. The molecule has 0 spiro atoms. The van der Waals surface area contributed by atoms with E-state index >= 15 is 0 Å². The summed E-state index contributed by atoms with van der Waals surface area (Å²) < 4.78 is 10.8. The largest absolute Gasteiger partial charge is 0.490 e. The summed E-state index contributed by atoms with van der Waals surface area (Å²) in [4.78, 5) is 38.1. The van der Waals surface area contributed by atoms with Crippen LogP contribution < -0.4 is 15.0 Å². The molecule has 30 heavy (non-hydrogen) atoms. The van der Waals surface area contributed by atoms with Gasteiger partial charge in [0.1, 0.15) is 16.7 Å². The number of hydrogen-bond acceptors (Lipinski definition) is 7. The topological polar surface area (TPSA) is 84.9 Å². The van der Waals surface area contributed by atoms with Crippen molar-refractivity contribution in [1.29, 1.82) is 0 Å². The molecule has 1 N–H and O–H groups in total. The highest BCUT2D eigenvalue weighted by molar-refractivity contribution is 8.26. The molecule has 0 bridgehead atoms. The minimum atomic E-state index is -0.209. The number of esters is 1. The molecule has 0 aromatic heterocycles. The highest BCUT2D eigenvalue weighted by atomic mass is 32.2. The first-order valence-electron chi connectivity index (χ1n) is 9.87. The van der Waals surface area contributed by atoms with Gasteiger partial charge in [-0.2, -0.15) is 0 Å². The first-order chi connectivity index (χ1) is 14.5. The zero-order valence-electron chi connectivity index (χ0n) is 16.8. The summed E-state index contributed by atoms with van der Waals surface area (Å²) in [6, 6.07) is 5.55. The van der Waals surface area contributed by atoms with E-state index in [0.717, 1.165) is 36.9 Å². The molecular formula is C21H24N2O5S2. The first kappa shape index (κ1) is 22.3. The minimum absolute atomic E-state index is 0.0477. The fourth-order valence-corrected chi connectivity index (χ4v) is 4.34. The Morgan fingerprint density at radius 3 is 2.73 bits per heavy atom. The average molecular weight is 449 g/mol. The molecule has 160 valence electrons. The number of thioether (sulfide) groups is 1. The standard InChI is InChI=1S/C21H24N2O5S2/c1-27-19(25)7-5-3-2-4-6-18(24)23-10-11-28-16-9-8-14(12-15(16)23)13-17-20(26)22-21(29)30-17/h8-9,12-13H,2-7,10-11H2,1H3,(H,22,26,29)/b17-13-. The molecule has 1 aromatic rings. The second kappa shape index (κ2) is 10.6. The lowest BCUT2D eigenvalue weighted by atomic mass is 10.1. The smallest absolute Gasteiger partial charge is 0.305 e. The molecule has 0 radical (unpaired) electrons. The summed E-state index contributed by atoms with van der Waals surface area (Å²) in [5.74, 6) is 0.302. The van der Waals surface area contributed by atoms with E-state index in [9.17, 15) is 14.4 Å². The zero-order chi connectivity index (χ0) is 21.5. The molecule has 7 nitrogen and oxygen atoms in total. The predicted molar refractivity (Wildman–Crippen MR) is 120 cm³/mol. The summed E-state index contributed by atoms with van der Waals surface area (Å²) in [7, 11) is 1.39. The number of anilines is 1. The van der Waals surface area contributed by atoms with Crippen molar-refractivity contribution in [3.63, 3.8) is 0 Å². The second-order valence-electron chi connectivity index (χ2n) is 6.96. The van der Waals surface area contributed by atoms with Gasteiger partial charge in [0.2, 0.25) is 5.91 Å². The Kier molecular flexibility index (Phi) is 7.87. The van der Waals surface area contributed by atoms with Crippen LogP contribution in [0.1, 0.15) is 44.1 Å². The average Bonchev–Trinajstić information content (AvgIpc) is 3.06. The van der Waals surface area contributed by atoms with Crippen LogP contribution in [0.2, 0.25) is 0 Å². The van der Waals surface area contributed by atoms with Crippen LogP contribution in [0, 0.1) is 0 Å². The van der Waals surface area contributed by atoms with E-state index in [2.05, 4.69) is 10.1 Å². The van der Waals surface area contributed by atoms with Crippen molar-refractivity contribution in [2.75, 3.05) is 25.2 Å². The van der Waals surface area contributed by atoms with Crippen molar-refractivity contribution in [3.05, 3.63) is 28.7 Å². The lowest BCUT2D eigenvalue weighted by Gasteiger charge is -2.30. The van der Waals surface area contributed by atoms with Gasteiger partial charge in [-0.25, -0.2) is 0 Å². The number of carbonyl (C=O) groups is 3. The molecule has 1 aromatic carbocycles. The monoisotopic (exact) mass is 448 g/mol. The van der Waals surface area contributed by atoms with Gasteiger partial charge in [0, 0.05) is 12.8 Å². The van der Waals surface area contributed by atoms with Crippen LogP contribution in [-0.2, 0) is 19.1 Å². The number of amides is 2. The van der Waals surface area contributed by atoms with E-state index in [0.29, 0.717) is 41.0 Å². The van der Waals surface area contributed by atoms with E-state index < -0.39 is 0 Å². The van der Waals surface area contributed by atoms with Crippen molar-refractivity contribution >= 4 is 57.8 Å². The number of unbranched alkanes of at least 4 members (excludes halogenated alkanes) is 3. The fourth-order valence-electron chi connectivity index (χ4n) is 3.29. The summed E-state index contributed by atoms with van der Waals surface area (Å²) >= 11 is 6.24. The van der Waals surface area contributed by atoms with Gasteiger partial charge in [0.15, 0.2) is 0 Å². The molecule has 2 heterocycles. The Morgan fingerprint density at radius 2 is 2.03 bits per heavy atom. The highest BCUT2D eigenvalue weighted by Crippen LogP contribution is 2.35. The maximum atomic E-state index is 12.8. The van der Waals surface area contributed by atoms with Crippen LogP contribution in [0.4, 0.5) is 5.69 Å². The maximum absolute atomic E-state index is 12.8. The molecular weight excluding hydrogens is 424 g/mol. The third-order valence-electron chi connectivity index (χ3n) is 4.84. The van der Waals surface area contributed by atoms with E-state index in [1.165, 1.54) is 18.9 Å². The van der Waals surface area contributed by atoms with Crippen molar-refractivity contribution in [2.24, 2.45) is 0 Å². The Morgan fingerprint density at radius 1 is 1.27 bits per heavy atom. The Hall–Kier alpha value is -2.39. The number of benzene rings is 1. The van der Waals surface area contributed by atoms with Crippen molar-refractivity contribution in [1.82, 2.24) is 5.32 Å². The quantitative estimate of drug-likeness (QED) is 0.282. The molecule has 9 heteroatoms. The highest BCUT2D eigenvalue weighted by Gasteiger charge is 2.25. The molecule has 0 unspecified atom stereocenters. The fraction of sp³-hybridized carbons (Fsp3) is 0.429. The summed E-state index contributed by atoms with van der Waals surface area (Å²) in [5.41, 5.74) is 1.53. The van der Waals surface area contributed by atoms with Crippen molar-refractivity contribution < 1.29 is 23.9 Å². The molecule has 2 aliphatic heterocycles. The van der Waals surface area contributed by atoms with E-state index in [1.807, 2.05) is 18.2 Å². The molecule has 0 aliphatic carbocycles. The van der Waals surface area contributed by atoms with Crippen molar-refractivity contribution in [3.8, 4) is 5.75 Å². The van der Waals surface area contributed by atoms with Gasteiger partial charge >= 0.3 is 5.97 Å².